The van der Waals surface area contributed by atoms with Crippen LogP contribution in [0.2, 0.25) is 0 Å². The number of ketones is 1. The maximum absolute atomic E-state index is 15.6. The average Bonchev–Trinajstić information content (AvgIpc) is 3.66. The number of rotatable bonds is 10. The van der Waals surface area contributed by atoms with E-state index < -0.39 is 44.6 Å². The monoisotopic (exact) mass is 569 g/mol. The van der Waals surface area contributed by atoms with E-state index in [9.17, 15) is 17.6 Å². The van der Waals surface area contributed by atoms with Gasteiger partial charge in [0, 0.05) is 53.7 Å². The van der Waals surface area contributed by atoms with Crippen molar-refractivity contribution in [1.82, 2.24) is 15.0 Å². The number of hydrogen-bond acceptors (Lipinski definition) is 8. The Kier molecular flexibility index (Phi) is 6.99. The molecule has 210 valence electrons. The third-order valence-corrected chi connectivity index (χ3v) is 9.12. The number of ether oxygens (including phenoxy) is 1. The number of benzene rings is 1. The van der Waals surface area contributed by atoms with Crippen molar-refractivity contribution < 1.29 is 26.7 Å². The molecule has 0 bridgehead atoms. The molecule has 2 unspecified atom stereocenters. The molecule has 40 heavy (non-hydrogen) atoms. The van der Waals surface area contributed by atoms with Crippen LogP contribution >= 0.6 is 0 Å². The Hall–Kier alpha value is -3.51. The molecule has 0 amide bonds. The van der Waals surface area contributed by atoms with E-state index in [0.717, 1.165) is 30.8 Å². The maximum atomic E-state index is 15.6. The zero-order valence-corrected chi connectivity index (χ0v) is 22.7. The minimum atomic E-state index is -3.95. The first-order chi connectivity index (χ1) is 19.2. The first-order valence-electron chi connectivity index (χ1n) is 13.3. The lowest BCUT2D eigenvalue weighted by Gasteiger charge is -2.28. The molecule has 2 N–H and O–H groups in total. The molecule has 1 aliphatic carbocycles. The van der Waals surface area contributed by atoms with Gasteiger partial charge in [0.2, 0.25) is 10.0 Å². The number of anilines is 2. The summed E-state index contributed by atoms with van der Waals surface area (Å²) in [6.45, 7) is 3.10. The largest absolute Gasteiger partial charge is 0.381 e. The highest BCUT2D eigenvalue weighted by Crippen LogP contribution is 2.39. The van der Waals surface area contributed by atoms with Gasteiger partial charge in [0.15, 0.2) is 11.6 Å². The van der Waals surface area contributed by atoms with Crippen LogP contribution in [0.4, 0.5) is 20.3 Å². The minimum Gasteiger partial charge on any atom is -0.381 e. The predicted molar refractivity (Wildman–Crippen MR) is 145 cm³/mol. The van der Waals surface area contributed by atoms with Crippen LogP contribution in [0.25, 0.3) is 11.1 Å². The summed E-state index contributed by atoms with van der Waals surface area (Å²) in [5, 5.41) is 3.02. The molecule has 1 saturated heterocycles. The van der Waals surface area contributed by atoms with Gasteiger partial charge in [-0.1, -0.05) is 6.92 Å². The Morgan fingerprint density at radius 3 is 2.52 bits per heavy atom. The van der Waals surface area contributed by atoms with Crippen molar-refractivity contribution in [2.75, 3.05) is 35.6 Å². The summed E-state index contributed by atoms with van der Waals surface area (Å²) in [5.41, 5.74) is 0.627. The average molecular weight is 570 g/mol. The quantitative estimate of drug-likeness (QED) is 0.342. The highest BCUT2D eigenvalue weighted by molar-refractivity contribution is 7.92. The number of aromatic nitrogens is 3. The summed E-state index contributed by atoms with van der Waals surface area (Å²) >= 11 is 0. The fraction of sp³-hybridized carbons (Fsp3) is 0.429. The fourth-order valence-electron chi connectivity index (χ4n) is 5.31. The Balaban J connectivity index is 1.23. The molecular formula is C28H29F2N5O4S. The van der Waals surface area contributed by atoms with Crippen molar-refractivity contribution in [3.63, 3.8) is 0 Å². The molecule has 0 spiro atoms. The summed E-state index contributed by atoms with van der Waals surface area (Å²) in [4.78, 5) is 26.8. The van der Waals surface area contributed by atoms with Crippen LogP contribution in [-0.2, 0) is 14.8 Å². The Morgan fingerprint density at radius 1 is 1.12 bits per heavy atom. The lowest BCUT2D eigenvalue weighted by molar-refractivity contribution is -0.0404. The smallest absolute Gasteiger partial charge is 0.233 e. The van der Waals surface area contributed by atoms with E-state index in [1.165, 1.54) is 0 Å². The van der Waals surface area contributed by atoms with Gasteiger partial charge in [-0.05, 0) is 43.4 Å². The first kappa shape index (κ1) is 26.7. The minimum absolute atomic E-state index is 0.0962. The summed E-state index contributed by atoms with van der Waals surface area (Å²) in [6.07, 6.45) is 7.87. The van der Waals surface area contributed by atoms with E-state index in [1.807, 2.05) is 0 Å². The summed E-state index contributed by atoms with van der Waals surface area (Å²) in [6, 6.07) is 3.65. The van der Waals surface area contributed by atoms with Crippen molar-refractivity contribution in [2.24, 2.45) is 11.8 Å². The lowest BCUT2D eigenvalue weighted by Crippen LogP contribution is -2.31. The number of Topliss-reactive ketones (excluding diaryl/α,β-unsaturated/α-hetero) is 1. The molecule has 12 heteroatoms. The Bertz CT molecular complexity index is 1560. The van der Waals surface area contributed by atoms with Gasteiger partial charge in [0.1, 0.15) is 17.5 Å². The first-order valence-corrected chi connectivity index (χ1v) is 15.0. The number of nitrogens with one attached hydrogen (secondary N) is 2. The SMILES string of the molecule is CC(CC1COC1)CS(=O)(=O)Nc1ccc(F)c(C(=O)C2CNc3ncc(-c4cnc(C5CC5)nc4)cc32)c1F. The molecule has 3 aromatic rings. The zero-order valence-electron chi connectivity index (χ0n) is 21.9. The van der Waals surface area contributed by atoms with Gasteiger partial charge in [0.05, 0.1) is 36.1 Å². The highest BCUT2D eigenvalue weighted by atomic mass is 32.2. The molecule has 3 aliphatic rings. The number of sulfonamides is 1. The zero-order chi connectivity index (χ0) is 28.0. The van der Waals surface area contributed by atoms with Crippen molar-refractivity contribution in [1.29, 1.82) is 0 Å². The van der Waals surface area contributed by atoms with E-state index in [4.69, 9.17) is 4.74 Å². The molecule has 1 saturated carbocycles. The molecule has 2 fully saturated rings. The van der Waals surface area contributed by atoms with E-state index in [0.29, 0.717) is 54.0 Å². The third-order valence-electron chi connectivity index (χ3n) is 7.58. The number of hydrogen-bond donors (Lipinski definition) is 2. The topological polar surface area (TPSA) is 123 Å². The van der Waals surface area contributed by atoms with Gasteiger partial charge in [-0.2, -0.15) is 0 Å². The van der Waals surface area contributed by atoms with E-state index in [2.05, 4.69) is 25.0 Å². The molecule has 2 atom stereocenters. The molecule has 1 aromatic carbocycles. The van der Waals surface area contributed by atoms with Crippen molar-refractivity contribution in [2.45, 2.75) is 38.0 Å². The van der Waals surface area contributed by atoms with Crippen LogP contribution in [0, 0.1) is 23.5 Å². The maximum Gasteiger partial charge on any atom is 0.233 e. The number of carbonyl (C=O) groups is 1. The van der Waals surface area contributed by atoms with Gasteiger partial charge < -0.3 is 10.1 Å². The molecule has 2 aromatic heterocycles. The van der Waals surface area contributed by atoms with Crippen LogP contribution in [0.5, 0.6) is 0 Å². The van der Waals surface area contributed by atoms with E-state index in [-0.39, 0.29) is 18.2 Å². The molecule has 9 nitrogen and oxygen atoms in total. The second kappa shape index (κ2) is 10.5. The number of nitrogens with zero attached hydrogens (tertiary/aromatic N) is 3. The van der Waals surface area contributed by atoms with E-state index in [1.54, 1.807) is 31.6 Å². The van der Waals surface area contributed by atoms with Gasteiger partial charge in [-0.15, -0.1) is 0 Å². The van der Waals surface area contributed by atoms with Crippen LogP contribution in [0.3, 0.4) is 0 Å². The highest BCUT2D eigenvalue weighted by Gasteiger charge is 2.35. The molecule has 0 radical (unpaired) electrons. The normalized spacial score (nSPS) is 19.4. The van der Waals surface area contributed by atoms with E-state index >= 15 is 4.39 Å². The second-order valence-electron chi connectivity index (χ2n) is 11.0. The Labute approximate surface area is 230 Å². The number of pyridine rings is 1. The number of halogens is 2. The van der Waals surface area contributed by atoms with Crippen LogP contribution < -0.4 is 10.0 Å². The molecule has 6 rings (SSSR count). The van der Waals surface area contributed by atoms with Crippen LogP contribution in [0.15, 0.2) is 36.8 Å². The third kappa shape index (κ3) is 5.42. The fourth-order valence-corrected chi connectivity index (χ4v) is 6.77. The van der Waals surface area contributed by atoms with Gasteiger partial charge >= 0.3 is 0 Å². The van der Waals surface area contributed by atoms with Crippen LogP contribution in [0.1, 0.15) is 59.8 Å². The molecule has 2 aliphatic heterocycles. The summed E-state index contributed by atoms with van der Waals surface area (Å²) in [5.74, 6) is -2.48. The molecule has 4 heterocycles. The molecular weight excluding hydrogens is 540 g/mol. The predicted octanol–water partition coefficient (Wildman–Crippen LogP) is 4.50. The second-order valence-corrected chi connectivity index (χ2v) is 12.7. The van der Waals surface area contributed by atoms with Crippen LogP contribution in [-0.4, -0.2) is 54.7 Å². The van der Waals surface area contributed by atoms with Crippen molar-refractivity contribution in [3.05, 3.63) is 65.4 Å². The van der Waals surface area contributed by atoms with Gasteiger partial charge in [-0.25, -0.2) is 32.2 Å². The van der Waals surface area contributed by atoms with Gasteiger partial charge in [0.25, 0.3) is 0 Å². The summed E-state index contributed by atoms with van der Waals surface area (Å²) < 4.78 is 63.3. The lowest BCUT2D eigenvalue weighted by atomic mass is 9.91. The number of fused-ring (bicyclic) bond motifs is 1. The van der Waals surface area contributed by atoms with Crippen molar-refractivity contribution >= 4 is 27.3 Å². The summed E-state index contributed by atoms with van der Waals surface area (Å²) in [7, 11) is -3.95. The van der Waals surface area contributed by atoms with Gasteiger partial charge in [-0.3, -0.25) is 9.52 Å². The Morgan fingerprint density at radius 2 is 1.85 bits per heavy atom. The van der Waals surface area contributed by atoms with Crippen molar-refractivity contribution in [3.8, 4) is 11.1 Å². The standard InChI is InChI=1S/C28H29F2N5O4S/c1-15(6-16-12-39-13-16)14-40(37,38)35-23-5-4-22(29)24(25(23)30)26(36)21-11-34-28-20(21)7-18(8-33-28)19-9-31-27(32-10-19)17-2-3-17/h4-5,7-10,15-17,21,35H,2-3,6,11-14H2,1H3,(H,33,34). The number of carbonyl (C=O) groups excluding carboxylic acids is 1.